The van der Waals surface area contributed by atoms with Gasteiger partial charge in [0.15, 0.2) is 0 Å². The van der Waals surface area contributed by atoms with Crippen LogP contribution in [0.1, 0.15) is 58.2 Å². The molecule has 0 saturated heterocycles. The normalized spacial score (nSPS) is 14.0. The maximum absolute atomic E-state index is 11.9. The molecule has 0 aromatic heterocycles. The summed E-state index contributed by atoms with van der Waals surface area (Å²) in [6, 6.07) is 4.17. The molecule has 8 heteroatoms. The zero-order chi connectivity index (χ0) is 18.7. The van der Waals surface area contributed by atoms with Gasteiger partial charge >= 0.3 is 35.5 Å². The van der Waals surface area contributed by atoms with Gasteiger partial charge in [0.25, 0.3) is 9.05 Å². The smallest absolute Gasteiger partial charge is 1.00 e. The van der Waals surface area contributed by atoms with Crippen molar-refractivity contribution in [2.75, 3.05) is 0 Å². The summed E-state index contributed by atoms with van der Waals surface area (Å²) < 4.78 is 29.6. The van der Waals surface area contributed by atoms with Gasteiger partial charge in [-0.2, -0.15) is 4.21 Å². The molecule has 0 unspecified atom stereocenters. The molecule has 0 aliphatic heterocycles. The number of rotatable bonds is 4. The average Bonchev–Trinajstić information content (AvgIpc) is 3.19. The summed E-state index contributed by atoms with van der Waals surface area (Å²) in [5, 5.41) is 0. The van der Waals surface area contributed by atoms with Crippen LogP contribution in [0.25, 0.3) is 0 Å². The standard InChI is InChI=1S/C17H24O2.Na.H2O3S2.H/c1-6-17(4,5)15-12(3)9-11(2)10-14(15)19-16(18)13-7-8-13;;1-5(2,3)4;/h9-10,13H,6-8H2,1-5H3;;(H2,1,2,3,4);/q;+1;;-1. The number of hydrogen-bond donors (Lipinski definition) is 2. The molecule has 1 aromatic rings. The molecule has 1 saturated carbocycles. The minimum atomic E-state index is -3.83. The van der Waals surface area contributed by atoms with Crippen LogP contribution in [0.4, 0.5) is 0 Å². The van der Waals surface area contributed by atoms with Crippen LogP contribution in [0, 0.1) is 19.8 Å². The first kappa shape index (κ1) is 25.0. The van der Waals surface area contributed by atoms with Gasteiger partial charge in [0.1, 0.15) is 5.75 Å². The van der Waals surface area contributed by atoms with Crippen molar-refractivity contribution in [1.82, 2.24) is 0 Å². The van der Waals surface area contributed by atoms with Crippen molar-refractivity contribution in [3.8, 4) is 5.75 Å². The largest absolute Gasteiger partial charge is 1.00 e. The maximum Gasteiger partial charge on any atom is 1.00 e. The molecule has 1 aliphatic rings. The van der Waals surface area contributed by atoms with Gasteiger partial charge in [-0.3, -0.25) is 13.9 Å². The Labute approximate surface area is 179 Å². The van der Waals surface area contributed by atoms with Gasteiger partial charge in [-0.25, -0.2) is 0 Å². The molecule has 0 radical (unpaired) electrons. The van der Waals surface area contributed by atoms with Crippen LogP contribution in [-0.4, -0.2) is 19.3 Å². The van der Waals surface area contributed by atoms with Gasteiger partial charge in [-0.05, 0) is 55.7 Å². The second-order valence-electron chi connectivity index (χ2n) is 6.84. The van der Waals surface area contributed by atoms with Crippen LogP contribution < -0.4 is 34.3 Å². The first-order valence-electron chi connectivity index (χ1n) is 7.88. The van der Waals surface area contributed by atoms with Gasteiger partial charge in [-0.1, -0.05) is 26.8 Å². The van der Waals surface area contributed by atoms with E-state index in [-0.39, 0.29) is 48.3 Å². The Bertz CT molecular complexity index is 708. The van der Waals surface area contributed by atoms with E-state index in [2.05, 4.69) is 44.9 Å². The van der Waals surface area contributed by atoms with Gasteiger partial charge in [0.2, 0.25) is 0 Å². The van der Waals surface area contributed by atoms with E-state index in [0.29, 0.717) is 0 Å². The minimum Gasteiger partial charge on any atom is -1.00 e. The van der Waals surface area contributed by atoms with Crippen molar-refractivity contribution < 1.29 is 53.8 Å². The molecular formula is C17H27NaO5S2. The van der Waals surface area contributed by atoms with E-state index in [4.69, 9.17) is 18.1 Å². The predicted molar refractivity (Wildman–Crippen MR) is 99.5 cm³/mol. The van der Waals surface area contributed by atoms with Crippen LogP contribution >= 0.6 is 0 Å². The van der Waals surface area contributed by atoms with Crippen LogP contribution in [0.15, 0.2) is 12.1 Å². The molecule has 0 heterocycles. The number of esters is 1. The van der Waals surface area contributed by atoms with E-state index in [1.165, 1.54) is 11.1 Å². The fraction of sp³-hybridized carbons (Fsp3) is 0.588. The molecule has 2 rings (SSSR count). The van der Waals surface area contributed by atoms with E-state index in [0.717, 1.165) is 30.6 Å². The van der Waals surface area contributed by atoms with Crippen LogP contribution in [-0.2, 0) is 30.5 Å². The Balaban J connectivity index is 0. The van der Waals surface area contributed by atoms with Crippen molar-refractivity contribution >= 4 is 26.2 Å². The molecule has 138 valence electrons. The Morgan fingerprint density at radius 3 is 2.24 bits per heavy atom. The SMILES string of the molecule is CCC(C)(C)c1c(C)cc(C)cc1OC(=O)C1CC1.O=S(O)(O)=S.[H-].[Na+]. The fourth-order valence-corrected chi connectivity index (χ4v) is 2.56. The van der Waals surface area contributed by atoms with E-state index >= 15 is 0 Å². The van der Waals surface area contributed by atoms with Crippen molar-refractivity contribution in [3.63, 3.8) is 0 Å². The molecule has 2 N–H and O–H groups in total. The van der Waals surface area contributed by atoms with Gasteiger partial charge in [0.05, 0.1) is 5.92 Å². The molecule has 1 aromatic carbocycles. The van der Waals surface area contributed by atoms with E-state index in [1.807, 2.05) is 13.0 Å². The predicted octanol–water partition coefficient (Wildman–Crippen LogP) is 1.10. The van der Waals surface area contributed by atoms with Crippen LogP contribution in [0.2, 0.25) is 0 Å². The van der Waals surface area contributed by atoms with Crippen LogP contribution in [0.5, 0.6) is 5.75 Å². The summed E-state index contributed by atoms with van der Waals surface area (Å²) in [5.41, 5.74) is 3.56. The number of carbonyl (C=O) groups excluding carboxylic acids is 1. The van der Waals surface area contributed by atoms with Crippen LogP contribution in [0.3, 0.4) is 0 Å². The first-order valence-corrected chi connectivity index (χ1v) is 10.3. The molecule has 1 aliphatic carbocycles. The van der Waals surface area contributed by atoms with Gasteiger partial charge in [-0.15, -0.1) is 0 Å². The zero-order valence-electron chi connectivity index (χ0n) is 16.8. The number of carbonyl (C=O) groups is 1. The second-order valence-corrected chi connectivity index (χ2v) is 9.03. The zero-order valence-corrected chi connectivity index (χ0v) is 19.4. The molecule has 25 heavy (non-hydrogen) atoms. The topological polar surface area (TPSA) is 83.8 Å². The summed E-state index contributed by atoms with van der Waals surface area (Å²) in [7, 11) is -3.83. The maximum atomic E-state index is 11.9. The fourth-order valence-electron chi connectivity index (χ4n) is 2.56. The van der Waals surface area contributed by atoms with Crippen molar-refractivity contribution in [3.05, 3.63) is 28.8 Å². The molecule has 0 amide bonds. The number of aryl methyl sites for hydroxylation is 2. The summed E-state index contributed by atoms with van der Waals surface area (Å²) in [4.78, 5) is 11.9. The second kappa shape index (κ2) is 9.78. The summed E-state index contributed by atoms with van der Waals surface area (Å²) >= 11 is 3.47. The summed E-state index contributed by atoms with van der Waals surface area (Å²) in [6.45, 7) is 10.7. The third-order valence-electron chi connectivity index (χ3n) is 4.13. The minimum absolute atomic E-state index is 0. The summed E-state index contributed by atoms with van der Waals surface area (Å²) in [6.07, 6.45) is 2.98. The molecule has 0 bridgehead atoms. The molecule has 1 fully saturated rings. The van der Waals surface area contributed by atoms with E-state index in [1.54, 1.807) is 0 Å². The van der Waals surface area contributed by atoms with Gasteiger partial charge < -0.3 is 6.16 Å². The Morgan fingerprint density at radius 2 is 1.84 bits per heavy atom. The van der Waals surface area contributed by atoms with Crippen molar-refractivity contribution in [1.29, 1.82) is 0 Å². The molecule has 0 atom stereocenters. The molecular weight excluding hydrogens is 371 g/mol. The Kier molecular flexibility index (Phi) is 9.77. The van der Waals surface area contributed by atoms with Gasteiger partial charge in [0, 0.05) is 16.8 Å². The van der Waals surface area contributed by atoms with Crippen molar-refractivity contribution in [2.45, 2.75) is 59.3 Å². The van der Waals surface area contributed by atoms with Crippen molar-refractivity contribution in [2.24, 2.45) is 5.92 Å². The molecule has 0 spiro atoms. The molecule has 5 nitrogen and oxygen atoms in total. The van der Waals surface area contributed by atoms with E-state index < -0.39 is 9.05 Å². The quantitative estimate of drug-likeness (QED) is 0.449. The summed E-state index contributed by atoms with van der Waals surface area (Å²) in [5.74, 6) is 0.845. The monoisotopic (exact) mass is 398 g/mol. The number of ether oxygens (including phenoxy) is 1. The average molecular weight is 399 g/mol. The van der Waals surface area contributed by atoms with E-state index in [9.17, 15) is 4.79 Å². The Morgan fingerprint density at radius 1 is 1.36 bits per heavy atom. The first-order chi connectivity index (χ1) is 10.8. The Hall–Kier alpha value is -0.0200. The third kappa shape index (κ3) is 8.95. The number of hydrogen-bond acceptors (Lipinski definition) is 4. The number of benzene rings is 1. The third-order valence-corrected chi connectivity index (χ3v) is 4.13.